The molecule has 2 N–H and O–H groups in total. The van der Waals surface area contributed by atoms with Gasteiger partial charge in [-0.1, -0.05) is 0 Å². The summed E-state index contributed by atoms with van der Waals surface area (Å²) >= 11 is 1.14. The van der Waals surface area contributed by atoms with Crippen LogP contribution in [0.2, 0.25) is 0 Å². The van der Waals surface area contributed by atoms with E-state index in [0.717, 1.165) is 23.9 Å². The van der Waals surface area contributed by atoms with Gasteiger partial charge in [0, 0.05) is 16.3 Å². The molecule has 1 unspecified atom stereocenters. The van der Waals surface area contributed by atoms with Gasteiger partial charge in [0.2, 0.25) is 0 Å². The van der Waals surface area contributed by atoms with E-state index in [1.165, 1.54) is 12.3 Å². The Kier molecular flexibility index (Phi) is 5.80. The maximum absolute atomic E-state index is 13.4. The molecule has 0 fully saturated rings. The first-order valence-corrected chi connectivity index (χ1v) is 9.07. The third-order valence-corrected chi connectivity index (χ3v) is 4.77. The SMILES string of the molecule is CCOC(=O)C1=C(CSc2ccc(F)c(F)c2)NC(=O)NC1c1ccco1. The fraction of sp³-hybridized carbons (Fsp3) is 0.222. The molecule has 0 spiro atoms. The van der Waals surface area contributed by atoms with Crippen LogP contribution in [0.15, 0.2) is 57.2 Å². The predicted octanol–water partition coefficient (Wildman–Crippen LogP) is 3.52. The van der Waals surface area contributed by atoms with Gasteiger partial charge in [-0.2, -0.15) is 0 Å². The van der Waals surface area contributed by atoms with E-state index in [4.69, 9.17) is 9.15 Å². The Morgan fingerprint density at radius 1 is 1.30 bits per heavy atom. The lowest BCUT2D eigenvalue weighted by Crippen LogP contribution is -2.46. The van der Waals surface area contributed by atoms with Crippen LogP contribution in [-0.4, -0.2) is 24.4 Å². The Hall–Kier alpha value is -2.81. The highest BCUT2D eigenvalue weighted by atomic mass is 32.2. The molecule has 2 heterocycles. The van der Waals surface area contributed by atoms with E-state index in [2.05, 4.69) is 10.6 Å². The summed E-state index contributed by atoms with van der Waals surface area (Å²) in [5, 5.41) is 5.22. The van der Waals surface area contributed by atoms with Crippen molar-refractivity contribution in [2.45, 2.75) is 17.9 Å². The van der Waals surface area contributed by atoms with Gasteiger partial charge in [-0.3, -0.25) is 0 Å². The van der Waals surface area contributed by atoms with Gasteiger partial charge in [0.25, 0.3) is 0 Å². The zero-order valence-corrected chi connectivity index (χ0v) is 15.1. The summed E-state index contributed by atoms with van der Waals surface area (Å²) in [5.41, 5.74) is 0.509. The van der Waals surface area contributed by atoms with E-state index in [0.29, 0.717) is 16.4 Å². The topological polar surface area (TPSA) is 80.6 Å². The van der Waals surface area contributed by atoms with E-state index < -0.39 is 29.7 Å². The van der Waals surface area contributed by atoms with Crippen molar-refractivity contribution in [3.05, 3.63) is 65.3 Å². The second-order valence-corrected chi connectivity index (χ2v) is 6.57. The van der Waals surface area contributed by atoms with Crippen LogP contribution in [0.4, 0.5) is 13.6 Å². The minimum Gasteiger partial charge on any atom is -0.467 e. The highest BCUT2D eigenvalue weighted by molar-refractivity contribution is 7.99. The molecule has 2 amide bonds. The van der Waals surface area contributed by atoms with E-state index in [1.807, 2.05) is 0 Å². The Labute approximate surface area is 157 Å². The molecule has 1 aliphatic rings. The van der Waals surface area contributed by atoms with Gasteiger partial charge in [-0.25, -0.2) is 18.4 Å². The lowest BCUT2D eigenvalue weighted by molar-refractivity contribution is -0.139. The van der Waals surface area contributed by atoms with Crippen molar-refractivity contribution in [2.75, 3.05) is 12.4 Å². The highest BCUT2D eigenvalue weighted by Crippen LogP contribution is 2.31. The minimum atomic E-state index is -0.970. The van der Waals surface area contributed by atoms with Gasteiger partial charge < -0.3 is 19.8 Å². The van der Waals surface area contributed by atoms with Crippen molar-refractivity contribution < 1.29 is 27.5 Å². The normalized spacial score (nSPS) is 16.7. The van der Waals surface area contributed by atoms with Crippen LogP contribution in [-0.2, 0) is 9.53 Å². The smallest absolute Gasteiger partial charge is 0.338 e. The molecule has 1 aromatic carbocycles. The molecule has 0 saturated carbocycles. The van der Waals surface area contributed by atoms with Gasteiger partial charge in [-0.05, 0) is 37.3 Å². The van der Waals surface area contributed by atoms with E-state index in [9.17, 15) is 18.4 Å². The summed E-state index contributed by atoms with van der Waals surface area (Å²) in [7, 11) is 0. The number of thioether (sulfide) groups is 1. The Bertz CT molecular complexity index is 883. The number of halogens is 2. The molecular formula is C18H16F2N2O4S. The standard InChI is InChI=1S/C18H16F2N2O4S/c1-2-25-17(23)15-13(9-27-10-5-6-11(19)12(20)8-10)21-18(24)22-16(15)14-4-3-7-26-14/h3-8,16H,2,9H2,1H3,(H2,21,22,24). The molecule has 0 saturated heterocycles. The van der Waals surface area contributed by atoms with E-state index in [1.54, 1.807) is 19.1 Å². The molecule has 2 aromatic rings. The molecule has 9 heteroatoms. The second-order valence-electron chi connectivity index (χ2n) is 5.52. The molecule has 0 radical (unpaired) electrons. The minimum absolute atomic E-state index is 0.143. The molecule has 27 heavy (non-hydrogen) atoms. The molecule has 1 aromatic heterocycles. The fourth-order valence-corrected chi connectivity index (χ4v) is 3.46. The zero-order valence-electron chi connectivity index (χ0n) is 14.3. The summed E-state index contributed by atoms with van der Waals surface area (Å²) in [6.45, 7) is 1.83. The van der Waals surface area contributed by atoms with Gasteiger partial charge >= 0.3 is 12.0 Å². The van der Waals surface area contributed by atoms with Crippen LogP contribution in [0.5, 0.6) is 0 Å². The number of ether oxygens (including phenoxy) is 1. The summed E-state index contributed by atoms with van der Waals surface area (Å²) in [5.74, 6) is -2.00. The number of urea groups is 1. The van der Waals surface area contributed by atoms with Crippen LogP contribution in [0.1, 0.15) is 18.7 Å². The number of hydrogen-bond acceptors (Lipinski definition) is 5. The first-order chi connectivity index (χ1) is 13.0. The van der Waals surface area contributed by atoms with E-state index in [-0.39, 0.29) is 17.9 Å². The highest BCUT2D eigenvalue weighted by Gasteiger charge is 2.35. The van der Waals surface area contributed by atoms with Crippen LogP contribution in [0, 0.1) is 11.6 Å². The van der Waals surface area contributed by atoms with Gasteiger partial charge in [-0.15, -0.1) is 11.8 Å². The number of rotatable bonds is 6. The quantitative estimate of drug-likeness (QED) is 0.579. The maximum atomic E-state index is 13.4. The van der Waals surface area contributed by atoms with Crippen LogP contribution in [0.3, 0.4) is 0 Å². The van der Waals surface area contributed by atoms with Crippen LogP contribution in [0.25, 0.3) is 0 Å². The number of benzene rings is 1. The lowest BCUT2D eigenvalue weighted by Gasteiger charge is -2.27. The number of nitrogens with one attached hydrogen (secondary N) is 2. The number of carbonyl (C=O) groups excluding carboxylic acids is 2. The van der Waals surface area contributed by atoms with Crippen LogP contribution >= 0.6 is 11.8 Å². The van der Waals surface area contributed by atoms with Gasteiger partial charge in [0.1, 0.15) is 11.8 Å². The van der Waals surface area contributed by atoms with Gasteiger partial charge in [0.05, 0.1) is 18.4 Å². The number of carbonyl (C=O) groups is 2. The third kappa shape index (κ3) is 4.30. The number of esters is 1. The largest absolute Gasteiger partial charge is 0.467 e. The molecule has 3 rings (SSSR count). The second kappa shape index (κ2) is 8.26. The predicted molar refractivity (Wildman–Crippen MR) is 93.9 cm³/mol. The molecule has 1 aliphatic heterocycles. The molecule has 0 bridgehead atoms. The Morgan fingerprint density at radius 2 is 2.11 bits per heavy atom. The number of furan rings is 1. The van der Waals surface area contributed by atoms with Crippen molar-refractivity contribution in [2.24, 2.45) is 0 Å². The first kappa shape index (κ1) is 19.0. The van der Waals surface area contributed by atoms with Crippen molar-refractivity contribution in [1.29, 1.82) is 0 Å². The van der Waals surface area contributed by atoms with Gasteiger partial charge in [0.15, 0.2) is 11.6 Å². The third-order valence-electron chi connectivity index (χ3n) is 3.75. The Morgan fingerprint density at radius 3 is 2.78 bits per heavy atom. The maximum Gasteiger partial charge on any atom is 0.338 e. The average molecular weight is 394 g/mol. The Balaban J connectivity index is 1.92. The summed E-state index contributed by atoms with van der Waals surface area (Å²) in [4.78, 5) is 25.0. The summed E-state index contributed by atoms with van der Waals surface area (Å²) in [6.07, 6.45) is 1.43. The summed E-state index contributed by atoms with van der Waals surface area (Å²) < 4.78 is 36.9. The monoisotopic (exact) mass is 394 g/mol. The zero-order chi connectivity index (χ0) is 19.4. The average Bonchev–Trinajstić information content (AvgIpc) is 3.17. The lowest BCUT2D eigenvalue weighted by atomic mass is 10.0. The molecule has 142 valence electrons. The molecule has 0 aliphatic carbocycles. The van der Waals surface area contributed by atoms with Crippen molar-refractivity contribution in [1.82, 2.24) is 10.6 Å². The molecule has 6 nitrogen and oxygen atoms in total. The van der Waals surface area contributed by atoms with Crippen molar-refractivity contribution >= 4 is 23.8 Å². The number of amides is 2. The molecular weight excluding hydrogens is 378 g/mol. The number of hydrogen-bond donors (Lipinski definition) is 2. The van der Waals surface area contributed by atoms with E-state index >= 15 is 0 Å². The van der Waals surface area contributed by atoms with Crippen molar-refractivity contribution in [3.8, 4) is 0 Å². The van der Waals surface area contributed by atoms with Crippen LogP contribution < -0.4 is 10.6 Å². The molecule has 1 atom stereocenters. The first-order valence-electron chi connectivity index (χ1n) is 8.08. The summed E-state index contributed by atoms with van der Waals surface area (Å²) in [6, 6.07) is 5.44. The van der Waals surface area contributed by atoms with Crippen molar-refractivity contribution in [3.63, 3.8) is 0 Å². The fourth-order valence-electron chi connectivity index (χ4n) is 2.57.